The minimum absolute atomic E-state index is 0.503. The number of hydrogen-bond acceptors (Lipinski definition) is 3. The Labute approximate surface area is 127 Å². The van der Waals surface area contributed by atoms with E-state index in [1.165, 1.54) is 10.8 Å². The number of fused-ring (bicyclic) bond motifs is 2. The fourth-order valence-corrected chi connectivity index (χ4v) is 2.89. The quantitative estimate of drug-likeness (QED) is 0.636. The van der Waals surface area contributed by atoms with Crippen molar-refractivity contribution in [3.05, 3.63) is 58.9 Å². The Hall–Kier alpha value is -1.97. The minimum Gasteiger partial charge on any atom is -0.376 e. The lowest BCUT2D eigenvalue weighted by Gasteiger charge is -2.17. The van der Waals surface area contributed by atoms with Gasteiger partial charge in [-0.3, -0.25) is 0 Å². The standard InChI is InChI=1S/C17H13ClN2O/c18-16-14-10-21-8-7-15(14)19-17(20-16)13-6-5-11-3-1-2-4-12(11)9-13/h1-6,9H,7-8,10H2. The van der Waals surface area contributed by atoms with Crippen LogP contribution >= 0.6 is 11.6 Å². The van der Waals surface area contributed by atoms with Crippen molar-refractivity contribution in [1.82, 2.24) is 9.97 Å². The molecule has 1 aliphatic heterocycles. The van der Waals surface area contributed by atoms with E-state index in [-0.39, 0.29) is 0 Å². The average molecular weight is 297 g/mol. The van der Waals surface area contributed by atoms with Crippen LogP contribution in [-0.2, 0) is 17.8 Å². The number of ether oxygens (including phenoxy) is 1. The van der Waals surface area contributed by atoms with Gasteiger partial charge in [-0.2, -0.15) is 0 Å². The first-order valence-electron chi connectivity index (χ1n) is 6.93. The van der Waals surface area contributed by atoms with Crippen LogP contribution in [0.2, 0.25) is 5.15 Å². The molecule has 0 aliphatic carbocycles. The first-order valence-corrected chi connectivity index (χ1v) is 7.31. The summed E-state index contributed by atoms with van der Waals surface area (Å²) in [5.41, 5.74) is 2.92. The van der Waals surface area contributed by atoms with E-state index in [1.807, 2.05) is 18.2 Å². The molecule has 0 bridgehead atoms. The smallest absolute Gasteiger partial charge is 0.161 e. The lowest BCUT2D eigenvalue weighted by Crippen LogP contribution is -2.14. The van der Waals surface area contributed by atoms with E-state index >= 15 is 0 Å². The Morgan fingerprint density at radius 1 is 1.00 bits per heavy atom. The van der Waals surface area contributed by atoms with E-state index < -0.39 is 0 Å². The molecule has 0 atom stereocenters. The zero-order chi connectivity index (χ0) is 14.2. The summed E-state index contributed by atoms with van der Waals surface area (Å²) in [6.07, 6.45) is 0.790. The number of halogens is 1. The number of aromatic nitrogens is 2. The molecule has 0 N–H and O–H groups in total. The van der Waals surface area contributed by atoms with Gasteiger partial charge in [0.05, 0.1) is 18.9 Å². The SMILES string of the molecule is Clc1nc(-c2ccc3ccccc3c2)nc2c1COCC2. The van der Waals surface area contributed by atoms with Crippen LogP contribution in [0.1, 0.15) is 11.3 Å². The highest BCUT2D eigenvalue weighted by Crippen LogP contribution is 2.27. The first kappa shape index (κ1) is 12.7. The third-order valence-corrected chi connectivity index (χ3v) is 4.09. The molecule has 4 heteroatoms. The molecule has 0 radical (unpaired) electrons. The van der Waals surface area contributed by atoms with Crippen LogP contribution in [0.15, 0.2) is 42.5 Å². The molecule has 1 aromatic heterocycles. The van der Waals surface area contributed by atoms with Crippen LogP contribution in [-0.4, -0.2) is 16.6 Å². The second kappa shape index (κ2) is 5.10. The monoisotopic (exact) mass is 296 g/mol. The fourth-order valence-electron chi connectivity index (χ4n) is 2.65. The summed E-state index contributed by atoms with van der Waals surface area (Å²) in [5.74, 6) is 0.686. The van der Waals surface area contributed by atoms with Gasteiger partial charge in [0.2, 0.25) is 0 Å². The highest BCUT2D eigenvalue weighted by Gasteiger charge is 2.17. The molecular formula is C17H13ClN2O. The maximum absolute atomic E-state index is 6.28. The van der Waals surface area contributed by atoms with E-state index in [0.29, 0.717) is 24.2 Å². The Balaban J connectivity index is 1.86. The van der Waals surface area contributed by atoms with Gasteiger partial charge >= 0.3 is 0 Å². The molecule has 4 rings (SSSR count). The predicted octanol–water partition coefficient (Wildman–Crippen LogP) is 4.02. The molecule has 0 amide bonds. The number of nitrogens with zero attached hydrogens (tertiary/aromatic N) is 2. The van der Waals surface area contributed by atoms with Crippen molar-refractivity contribution in [3.8, 4) is 11.4 Å². The van der Waals surface area contributed by atoms with Crippen molar-refractivity contribution in [2.45, 2.75) is 13.0 Å². The molecule has 21 heavy (non-hydrogen) atoms. The van der Waals surface area contributed by atoms with Gasteiger partial charge in [-0.15, -0.1) is 0 Å². The maximum Gasteiger partial charge on any atom is 0.161 e. The van der Waals surface area contributed by atoms with Crippen molar-refractivity contribution in [1.29, 1.82) is 0 Å². The lowest BCUT2D eigenvalue weighted by atomic mass is 10.1. The normalized spacial score (nSPS) is 14.1. The molecule has 0 saturated heterocycles. The summed E-state index contributed by atoms with van der Waals surface area (Å²) in [4.78, 5) is 9.11. The summed E-state index contributed by atoms with van der Waals surface area (Å²) in [6.45, 7) is 1.20. The predicted molar refractivity (Wildman–Crippen MR) is 83.3 cm³/mol. The average Bonchev–Trinajstić information content (AvgIpc) is 2.54. The van der Waals surface area contributed by atoms with Crippen LogP contribution in [0.4, 0.5) is 0 Å². The molecule has 2 heterocycles. The van der Waals surface area contributed by atoms with E-state index in [0.717, 1.165) is 23.2 Å². The maximum atomic E-state index is 6.28. The molecule has 3 nitrogen and oxygen atoms in total. The van der Waals surface area contributed by atoms with Gasteiger partial charge in [-0.25, -0.2) is 9.97 Å². The summed E-state index contributed by atoms with van der Waals surface area (Å²) >= 11 is 6.28. The van der Waals surface area contributed by atoms with Crippen molar-refractivity contribution >= 4 is 22.4 Å². The molecule has 2 aromatic carbocycles. The van der Waals surface area contributed by atoms with E-state index in [2.05, 4.69) is 34.2 Å². The van der Waals surface area contributed by atoms with Gasteiger partial charge in [0.15, 0.2) is 5.82 Å². The second-order valence-corrected chi connectivity index (χ2v) is 5.49. The summed E-state index contributed by atoms with van der Waals surface area (Å²) in [6, 6.07) is 14.5. The fraction of sp³-hybridized carbons (Fsp3) is 0.176. The molecule has 0 fully saturated rings. The van der Waals surface area contributed by atoms with Crippen molar-refractivity contribution < 1.29 is 4.74 Å². The Morgan fingerprint density at radius 2 is 1.86 bits per heavy atom. The Bertz CT molecular complexity index is 832. The molecular weight excluding hydrogens is 284 g/mol. The van der Waals surface area contributed by atoms with Crippen LogP contribution in [0, 0.1) is 0 Å². The third-order valence-electron chi connectivity index (χ3n) is 3.78. The molecule has 0 spiro atoms. The van der Waals surface area contributed by atoms with E-state index in [9.17, 15) is 0 Å². The van der Waals surface area contributed by atoms with Crippen LogP contribution in [0.3, 0.4) is 0 Å². The Kier molecular flexibility index (Phi) is 3.09. The van der Waals surface area contributed by atoms with Crippen LogP contribution in [0.5, 0.6) is 0 Å². The van der Waals surface area contributed by atoms with Crippen LogP contribution in [0.25, 0.3) is 22.2 Å². The molecule has 104 valence electrons. The lowest BCUT2D eigenvalue weighted by molar-refractivity contribution is 0.109. The zero-order valence-corrected chi connectivity index (χ0v) is 12.1. The summed E-state index contributed by atoms with van der Waals surface area (Å²) in [5, 5.41) is 2.89. The van der Waals surface area contributed by atoms with Crippen LogP contribution < -0.4 is 0 Å². The number of benzene rings is 2. The second-order valence-electron chi connectivity index (χ2n) is 5.13. The van der Waals surface area contributed by atoms with Gasteiger partial charge in [-0.05, 0) is 16.8 Å². The van der Waals surface area contributed by atoms with Crippen molar-refractivity contribution in [2.24, 2.45) is 0 Å². The first-order chi connectivity index (χ1) is 10.3. The van der Waals surface area contributed by atoms with Crippen molar-refractivity contribution in [2.75, 3.05) is 6.61 Å². The number of hydrogen-bond donors (Lipinski definition) is 0. The highest BCUT2D eigenvalue weighted by atomic mass is 35.5. The van der Waals surface area contributed by atoms with Gasteiger partial charge in [-0.1, -0.05) is 48.0 Å². The molecule has 3 aromatic rings. The topological polar surface area (TPSA) is 35.0 Å². The molecule has 0 saturated carbocycles. The van der Waals surface area contributed by atoms with Gasteiger partial charge in [0.25, 0.3) is 0 Å². The van der Waals surface area contributed by atoms with Gasteiger partial charge in [0.1, 0.15) is 5.15 Å². The largest absolute Gasteiger partial charge is 0.376 e. The van der Waals surface area contributed by atoms with Gasteiger partial charge < -0.3 is 4.74 Å². The van der Waals surface area contributed by atoms with Crippen molar-refractivity contribution in [3.63, 3.8) is 0 Å². The minimum atomic E-state index is 0.503. The van der Waals surface area contributed by atoms with Gasteiger partial charge in [0, 0.05) is 17.5 Å². The van der Waals surface area contributed by atoms with E-state index in [1.54, 1.807) is 0 Å². The highest BCUT2D eigenvalue weighted by molar-refractivity contribution is 6.30. The summed E-state index contributed by atoms with van der Waals surface area (Å²) in [7, 11) is 0. The zero-order valence-electron chi connectivity index (χ0n) is 11.3. The number of rotatable bonds is 1. The van der Waals surface area contributed by atoms with E-state index in [4.69, 9.17) is 16.3 Å². The summed E-state index contributed by atoms with van der Waals surface area (Å²) < 4.78 is 5.42. The molecule has 0 unspecified atom stereocenters. The third kappa shape index (κ3) is 2.28. The Morgan fingerprint density at radius 3 is 2.76 bits per heavy atom. The molecule has 1 aliphatic rings.